The van der Waals surface area contributed by atoms with Crippen LogP contribution in [0.5, 0.6) is 0 Å². The van der Waals surface area contributed by atoms with Crippen molar-refractivity contribution in [2.24, 2.45) is 0 Å². The Labute approximate surface area is 97.3 Å². The van der Waals surface area contributed by atoms with Gasteiger partial charge < -0.3 is 0 Å². The van der Waals surface area contributed by atoms with Crippen LogP contribution >= 0.6 is 0 Å². The number of hydrogen-bond donors (Lipinski definition) is 2. The zero-order valence-corrected chi connectivity index (χ0v) is 11.0. The molecule has 2 atom stereocenters. The van der Waals surface area contributed by atoms with Crippen molar-refractivity contribution in [1.82, 2.24) is 14.9 Å². The molecule has 0 fully saturated rings. The van der Waals surface area contributed by atoms with E-state index in [2.05, 4.69) is 14.9 Å². The van der Waals surface area contributed by atoms with Crippen molar-refractivity contribution >= 4 is 20.8 Å². The third-order valence-electron chi connectivity index (χ3n) is 1.91. The van der Waals surface area contributed by atoms with Gasteiger partial charge in [0, 0.05) is 28.9 Å². The van der Waals surface area contributed by atoms with Gasteiger partial charge in [-0.3, -0.25) is 9.31 Å². The number of aromatic amines is 1. The number of nitrogens with zero attached hydrogens (tertiary/aromatic N) is 1. The summed E-state index contributed by atoms with van der Waals surface area (Å²) < 4.78 is 37.1. The van der Waals surface area contributed by atoms with E-state index in [1.54, 1.807) is 13.8 Å². The van der Waals surface area contributed by atoms with Crippen molar-refractivity contribution in [3.63, 3.8) is 0 Å². The molecule has 1 aromatic heterocycles. The van der Waals surface area contributed by atoms with E-state index in [4.69, 9.17) is 0 Å². The zero-order chi connectivity index (χ0) is 12.3. The van der Waals surface area contributed by atoms with E-state index in [-0.39, 0.29) is 16.7 Å². The van der Waals surface area contributed by atoms with Gasteiger partial charge in [0.1, 0.15) is 4.90 Å². The van der Waals surface area contributed by atoms with Crippen LogP contribution in [0.4, 0.5) is 0 Å². The third kappa shape index (κ3) is 3.39. The van der Waals surface area contributed by atoms with Gasteiger partial charge in [-0.15, -0.1) is 0 Å². The molecule has 0 spiro atoms. The summed E-state index contributed by atoms with van der Waals surface area (Å²) in [6.07, 6.45) is 2.79. The maximum absolute atomic E-state index is 11.8. The van der Waals surface area contributed by atoms with E-state index in [1.165, 1.54) is 12.5 Å². The van der Waals surface area contributed by atoms with Gasteiger partial charge in [-0.2, -0.15) is 5.10 Å². The Morgan fingerprint density at radius 2 is 2.25 bits per heavy atom. The van der Waals surface area contributed by atoms with Crippen LogP contribution < -0.4 is 4.72 Å². The largest absolute Gasteiger partial charge is 0.281 e. The molecule has 0 bridgehead atoms. The standard InChI is InChI=1S/C8H15N3O3S2/c1-6(5-15(3)12)11-16(13,14)8-4-9-10-7(8)2/h4,6,11H,5H2,1-3H3,(H,9,10). The van der Waals surface area contributed by atoms with Crippen molar-refractivity contribution in [2.75, 3.05) is 12.0 Å². The van der Waals surface area contributed by atoms with Gasteiger partial charge in [-0.1, -0.05) is 0 Å². The van der Waals surface area contributed by atoms with E-state index in [0.29, 0.717) is 5.69 Å². The molecule has 0 aliphatic heterocycles. The lowest BCUT2D eigenvalue weighted by molar-refractivity contribution is 0.569. The van der Waals surface area contributed by atoms with Crippen molar-refractivity contribution in [1.29, 1.82) is 0 Å². The fraction of sp³-hybridized carbons (Fsp3) is 0.625. The van der Waals surface area contributed by atoms with Gasteiger partial charge in [-0.25, -0.2) is 13.1 Å². The molecule has 0 saturated carbocycles. The molecular formula is C8H15N3O3S2. The molecule has 0 amide bonds. The van der Waals surface area contributed by atoms with Crippen molar-refractivity contribution in [3.05, 3.63) is 11.9 Å². The second kappa shape index (κ2) is 5.07. The average Bonchev–Trinajstić information content (AvgIpc) is 2.48. The van der Waals surface area contributed by atoms with Gasteiger partial charge in [0.25, 0.3) is 0 Å². The second-order valence-corrected chi connectivity index (χ2v) is 6.78. The fourth-order valence-electron chi connectivity index (χ4n) is 1.33. The first-order valence-corrected chi connectivity index (χ1v) is 7.86. The highest BCUT2D eigenvalue weighted by Gasteiger charge is 2.21. The smallest absolute Gasteiger partial charge is 0.244 e. The van der Waals surface area contributed by atoms with Crippen LogP contribution in [0.15, 0.2) is 11.1 Å². The van der Waals surface area contributed by atoms with Gasteiger partial charge in [0.05, 0.1) is 11.9 Å². The lowest BCUT2D eigenvalue weighted by atomic mass is 10.4. The normalized spacial score (nSPS) is 15.9. The van der Waals surface area contributed by atoms with E-state index in [1.807, 2.05) is 0 Å². The third-order valence-corrected chi connectivity index (χ3v) is 4.59. The molecule has 1 heterocycles. The Hall–Kier alpha value is -0.730. The highest BCUT2D eigenvalue weighted by atomic mass is 32.2. The topological polar surface area (TPSA) is 91.9 Å². The van der Waals surface area contributed by atoms with Crippen LogP contribution in [0.25, 0.3) is 0 Å². The summed E-state index contributed by atoms with van der Waals surface area (Å²) in [4.78, 5) is 0.126. The second-order valence-electron chi connectivity index (χ2n) is 3.62. The number of sulfonamides is 1. The van der Waals surface area contributed by atoms with E-state index in [0.717, 1.165) is 0 Å². The van der Waals surface area contributed by atoms with Crippen LogP contribution in [0.3, 0.4) is 0 Å². The molecule has 0 saturated heterocycles. The average molecular weight is 265 g/mol. The Balaban J connectivity index is 2.81. The summed E-state index contributed by atoms with van der Waals surface area (Å²) in [5.41, 5.74) is 0.484. The van der Waals surface area contributed by atoms with Crippen molar-refractivity contribution in [3.8, 4) is 0 Å². The van der Waals surface area contributed by atoms with E-state index < -0.39 is 20.8 Å². The van der Waals surface area contributed by atoms with E-state index in [9.17, 15) is 12.6 Å². The minimum atomic E-state index is -3.57. The molecular weight excluding hydrogens is 250 g/mol. The monoisotopic (exact) mass is 265 g/mol. The van der Waals surface area contributed by atoms with Crippen LogP contribution in [-0.4, -0.2) is 40.9 Å². The van der Waals surface area contributed by atoms with Crippen LogP contribution in [0, 0.1) is 6.92 Å². The Morgan fingerprint density at radius 3 is 2.69 bits per heavy atom. The lowest BCUT2D eigenvalue weighted by Gasteiger charge is -2.12. The predicted octanol–water partition coefficient (Wildman–Crippen LogP) is -0.237. The molecule has 2 N–H and O–H groups in total. The van der Waals surface area contributed by atoms with Crippen molar-refractivity contribution < 1.29 is 12.6 Å². The summed E-state index contributed by atoms with van der Waals surface area (Å²) in [6.45, 7) is 3.30. The SMILES string of the molecule is Cc1[nH]ncc1S(=O)(=O)NC(C)CS(C)=O. The van der Waals surface area contributed by atoms with Crippen LogP contribution in [0.2, 0.25) is 0 Å². The zero-order valence-electron chi connectivity index (χ0n) is 9.35. The summed E-state index contributed by atoms with van der Waals surface area (Å²) >= 11 is 0. The van der Waals surface area contributed by atoms with E-state index >= 15 is 0 Å². The molecule has 6 nitrogen and oxygen atoms in total. The summed E-state index contributed by atoms with van der Waals surface area (Å²) in [6, 6.07) is -0.370. The maximum Gasteiger partial charge on any atom is 0.244 e. The summed E-state index contributed by atoms with van der Waals surface area (Å²) in [5.74, 6) is 0.288. The molecule has 8 heteroatoms. The molecule has 0 radical (unpaired) electrons. The minimum Gasteiger partial charge on any atom is -0.281 e. The molecule has 92 valence electrons. The van der Waals surface area contributed by atoms with Gasteiger partial charge >= 0.3 is 0 Å². The quantitative estimate of drug-likeness (QED) is 0.769. The van der Waals surface area contributed by atoms with Gasteiger partial charge in [-0.05, 0) is 13.8 Å². The van der Waals surface area contributed by atoms with Crippen LogP contribution in [0.1, 0.15) is 12.6 Å². The number of H-pyrrole nitrogens is 1. The lowest BCUT2D eigenvalue weighted by Crippen LogP contribution is -2.36. The minimum absolute atomic E-state index is 0.126. The Kier molecular flexibility index (Phi) is 4.22. The first kappa shape index (κ1) is 13.3. The molecule has 2 unspecified atom stereocenters. The highest BCUT2D eigenvalue weighted by Crippen LogP contribution is 2.11. The van der Waals surface area contributed by atoms with Crippen molar-refractivity contribution in [2.45, 2.75) is 24.8 Å². The molecule has 0 aliphatic rings. The molecule has 0 aromatic carbocycles. The molecule has 16 heavy (non-hydrogen) atoms. The molecule has 1 aromatic rings. The molecule has 0 aliphatic carbocycles. The van der Waals surface area contributed by atoms with Crippen LogP contribution in [-0.2, 0) is 20.8 Å². The Bertz CT molecular complexity index is 480. The summed E-state index contributed by atoms with van der Waals surface area (Å²) in [5, 5.41) is 6.21. The highest BCUT2D eigenvalue weighted by molar-refractivity contribution is 7.89. The number of hydrogen-bond acceptors (Lipinski definition) is 4. The predicted molar refractivity (Wildman–Crippen MR) is 62.0 cm³/mol. The first-order valence-electron chi connectivity index (χ1n) is 4.65. The molecule has 1 rings (SSSR count). The number of aryl methyl sites for hydroxylation is 1. The number of aromatic nitrogens is 2. The van der Waals surface area contributed by atoms with Gasteiger partial charge in [0.15, 0.2) is 0 Å². The summed E-state index contributed by atoms with van der Waals surface area (Å²) in [7, 11) is -4.60. The fourth-order valence-corrected chi connectivity index (χ4v) is 3.60. The Morgan fingerprint density at radius 1 is 1.62 bits per heavy atom. The first-order chi connectivity index (χ1) is 7.33. The maximum atomic E-state index is 11.8. The number of nitrogens with one attached hydrogen (secondary N) is 2. The van der Waals surface area contributed by atoms with Gasteiger partial charge in [0.2, 0.25) is 10.0 Å². The number of rotatable bonds is 5.